The highest BCUT2D eigenvalue weighted by atomic mass is 32.2. The summed E-state index contributed by atoms with van der Waals surface area (Å²) in [5.41, 5.74) is 0.500. The number of thioether (sulfide) groups is 1. The molecule has 0 bridgehead atoms. The summed E-state index contributed by atoms with van der Waals surface area (Å²) in [5.74, 6) is 1.60. The number of carbonyl (C=O) groups excluding carboxylic acids is 2. The minimum Gasteiger partial charge on any atom is -0.497 e. The zero-order chi connectivity index (χ0) is 20.4. The SMILES string of the molecule is CCOc1ccc(NC(=O)NC(=O)CSc2ccc(OC)cc2)cc1OCC. The third-order valence-corrected chi connectivity index (χ3v) is 4.50. The third kappa shape index (κ3) is 6.70. The van der Waals surface area contributed by atoms with Crippen LogP contribution >= 0.6 is 11.8 Å². The Balaban J connectivity index is 1.86. The Morgan fingerprint density at radius 3 is 2.29 bits per heavy atom. The molecule has 2 rings (SSSR count). The van der Waals surface area contributed by atoms with Gasteiger partial charge < -0.3 is 19.5 Å². The fraction of sp³-hybridized carbons (Fsp3) is 0.300. The van der Waals surface area contributed by atoms with Crippen molar-refractivity contribution in [3.8, 4) is 17.2 Å². The number of urea groups is 1. The number of methoxy groups -OCH3 is 1. The maximum absolute atomic E-state index is 12.1. The van der Waals surface area contributed by atoms with Crippen molar-refractivity contribution >= 4 is 29.4 Å². The van der Waals surface area contributed by atoms with Crippen LogP contribution in [0.5, 0.6) is 17.2 Å². The molecular formula is C20H24N2O5S. The molecule has 0 aromatic heterocycles. The first-order valence-corrected chi connectivity index (χ1v) is 9.81. The summed E-state index contributed by atoms with van der Waals surface area (Å²) in [5, 5.41) is 4.93. The highest BCUT2D eigenvalue weighted by Gasteiger charge is 2.11. The number of imide groups is 1. The van der Waals surface area contributed by atoms with Crippen LogP contribution in [0.2, 0.25) is 0 Å². The van der Waals surface area contributed by atoms with E-state index in [2.05, 4.69) is 10.6 Å². The van der Waals surface area contributed by atoms with Gasteiger partial charge in [0.2, 0.25) is 5.91 Å². The second-order valence-electron chi connectivity index (χ2n) is 5.49. The number of amides is 3. The average molecular weight is 404 g/mol. The quantitative estimate of drug-likeness (QED) is 0.616. The summed E-state index contributed by atoms with van der Waals surface area (Å²) in [6, 6.07) is 11.8. The van der Waals surface area contributed by atoms with Crippen LogP contribution in [0.15, 0.2) is 47.4 Å². The molecule has 7 nitrogen and oxygen atoms in total. The van der Waals surface area contributed by atoms with Crippen molar-refractivity contribution in [1.29, 1.82) is 0 Å². The van der Waals surface area contributed by atoms with Crippen molar-refractivity contribution in [1.82, 2.24) is 5.32 Å². The number of benzene rings is 2. The maximum Gasteiger partial charge on any atom is 0.325 e. The smallest absolute Gasteiger partial charge is 0.325 e. The summed E-state index contributed by atoms with van der Waals surface area (Å²) in [6.07, 6.45) is 0. The molecule has 28 heavy (non-hydrogen) atoms. The predicted octanol–water partition coefficient (Wildman–Crippen LogP) is 3.93. The Bertz CT molecular complexity index is 796. The van der Waals surface area contributed by atoms with Gasteiger partial charge in [0.05, 0.1) is 26.1 Å². The van der Waals surface area contributed by atoms with Crippen molar-refractivity contribution in [3.05, 3.63) is 42.5 Å². The van der Waals surface area contributed by atoms with Gasteiger partial charge in [0, 0.05) is 16.6 Å². The fourth-order valence-corrected chi connectivity index (χ4v) is 2.97. The number of anilines is 1. The van der Waals surface area contributed by atoms with E-state index in [1.807, 2.05) is 38.1 Å². The predicted molar refractivity (Wildman–Crippen MR) is 110 cm³/mol. The lowest BCUT2D eigenvalue weighted by atomic mass is 10.2. The van der Waals surface area contributed by atoms with E-state index >= 15 is 0 Å². The van der Waals surface area contributed by atoms with Crippen molar-refractivity contribution in [2.24, 2.45) is 0 Å². The lowest BCUT2D eigenvalue weighted by Crippen LogP contribution is -2.35. The molecule has 0 aliphatic heterocycles. The molecule has 0 radical (unpaired) electrons. The first kappa shape index (κ1) is 21.4. The fourth-order valence-electron chi connectivity index (χ4n) is 2.27. The van der Waals surface area contributed by atoms with Gasteiger partial charge >= 0.3 is 6.03 Å². The second kappa shape index (κ2) is 11.1. The first-order valence-electron chi connectivity index (χ1n) is 8.83. The Morgan fingerprint density at radius 2 is 1.64 bits per heavy atom. The van der Waals surface area contributed by atoms with E-state index < -0.39 is 11.9 Å². The average Bonchev–Trinajstić information content (AvgIpc) is 2.69. The van der Waals surface area contributed by atoms with Gasteiger partial charge in [-0.05, 0) is 50.2 Å². The zero-order valence-electron chi connectivity index (χ0n) is 16.1. The molecule has 3 amide bonds. The van der Waals surface area contributed by atoms with Gasteiger partial charge in [-0.1, -0.05) is 0 Å². The zero-order valence-corrected chi connectivity index (χ0v) is 16.9. The van der Waals surface area contributed by atoms with Crippen molar-refractivity contribution < 1.29 is 23.8 Å². The van der Waals surface area contributed by atoms with Crippen LogP contribution in [0.1, 0.15) is 13.8 Å². The standard InChI is InChI=1S/C20H24N2O5S/c1-4-26-17-11-6-14(12-18(17)27-5-2)21-20(24)22-19(23)13-28-16-9-7-15(25-3)8-10-16/h6-12H,4-5,13H2,1-3H3,(H2,21,22,23,24). The van der Waals surface area contributed by atoms with E-state index in [9.17, 15) is 9.59 Å². The summed E-state index contributed by atoms with van der Waals surface area (Å²) >= 11 is 1.33. The third-order valence-electron chi connectivity index (χ3n) is 3.48. The summed E-state index contributed by atoms with van der Waals surface area (Å²) in [6.45, 7) is 4.72. The largest absolute Gasteiger partial charge is 0.497 e. The number of ether oxygens (including phenoxy) is 3. The summed E-state index contributed by atoms with van der Waals surface area (Å²) in [7, 11) is 1.59. The van der Waals surface area contributed by atoms with Gasteiger partial charge in [0.25, 0.3) is 0 Å². The maximum atomic E-state index is 12.1. The number of hydrogen-bond donors (Lipinski definition) is 2. The normalized spacial score (nSPS) is 10.1. The molecule has 0 aliphatic carbocycles. The lowest BCUT2D eigenvalue weighted by Gasteiger charge is -2.13. The number of carbonyl (C=O) groups is 2. The van der Waals surface area contributed by atoms with E-state index in [0.717, 1.165) is 10.6 Å². The molecule has 0 saturated carbocycles. The Hall–Kier alpha value is -2.87. The molecule has 0 unspecified atom stereocenters. The molecular weight excluding hydrogens is 380 g/mol. The number of rotatable bonds is 9. The van der Waals surface area contributed by atoms with Crippen molar-refractivity contribution in [2.45, 2.75) is 18.7 Å². The molecule has 8 heteroatoms. The van der Waals surface area contributed by atoms with Crippen molar-refractivity contribution in [3.63, 3.8) is 0 Å². The molecule has 150 valence electrons. The van der Waals surface area contributed by atoms with Crippen LogP contribution in [0, 0.1) is 0 Å². The molecule has 2 N–H and O–H groups in total. The van der Waals surface area contributed by atoms with E-state index in [0.29, 0.717) is 30.4 Å². The number of nitrogens with one attached hydrogen (secondary N) is 2. The van der Waals surface area contributed by atoms with Gasteiger partial charge in [-0.3, -0.25) is 10.1 Å². The van der Waals surface area contributed by atoms with Crippen LogP contribution < -0.4 is 24.8 Å². The molecule has 0 spiro atoms. The minimum atomic E-state index is -0.605. The molecule has 0 saturated heterocycles. The van der Waals surface area contributed by atoms with Crippen LogP contribution in [0.3, 0.4) is 0 Å². The Morgan fingerprint density at radius 1 is 0.964 bits per heavy atom. The van der Waals surface area contributed by atoms with Gasteiger partial charge in [0.15, 0.2) is 11.5 Å². The van der Waals surface area contributed by atoms with E-state index in [1.54, 1.807) is 25.3 Å². The Kier molecular flexibility index (Phi) is 8.48. The van der Waals surface area contributed by atoms with E-state index in [4.69, 9.17) is 14.2 Å². The monoisotopic (exact) mass is 404 g/mol. The van der Waals surface area contributed by atoms with Gasteiger partial charge in [-0.25, -0.2) is 4.79 Å². The lowest BCUT2D eigenvalue weighted by molar-refractivity contribution is -0.117. The van der Waals surface area contributed by atoms with Crippen molar-refractivity contribution in [2.75, 3.05) is 31.4 Å². The highest BCUT2D eigenvalue weighted by molar-refractivity contribution is 8.00. The number of hydrogen-bond acceptors (Lipinski definition) is 6. The molecule has 0 aliphatic rings. The summed E-state index contributed by atoms with van der Waals surface area (Å²) < 4.78 is 16.1. The van der Waals surface area contributed by atoms with E-state index in [-0.39, 0.29) is 5.75 Å². The van der Waals surface area contributed by atoms with Gasteiger partial charge in [-0.15, -0.1) is 11.8 Å². The molecule has 0 heterocycles. The van der Waals surface area contributed by atoms with Crippen LogP contribution in [0.4, 0.5) is 10.5 Å². The van der Waals surface area contributed by atoms with Crippen LogP contribution in [0.25, 0.3) is 0 Å². The topological polar surface area (TPSA) is 85.9 Å². The summed E-state index contributed by atoms with van der Waals surface area (Å²) in [4.78, 5) is 24.9. The van der Waals surface area contributed by atoms with Gasteiger partial charge in [0.1, 0.15) is 5.75 Å². The first-order chi connectivity index (χ1) is 13.5. The molecule has 2 aromatic rings. The minimum absolute atomic E-state index is 0.118. The molecule has 0 atom stereocenters. The molecule has 2 aromatic carbocycles. The van der Waals surface area contributed by atoms with E-state index in [1.165, 1.54) is 11.8 Å². The second-order valence-corrected chi connectivity index (χ2v) is 6.54. The highest BCUT2D eigenvalue weighted by Crippen LogP contribution is 2.30. The van der Waals surface area contributed by atoms with Gasteiger partial charge in [-0.2, -0.15) is 0 Å². The van der Waals surface area contributed by atoms with Crippen LogP contribution in [-0.4, -0.2) is 38.0 Å². The Labute approximate surface area is 168 Å². The van der Waals surface area contributed by atoms with Crippen LogP contribution in [-0.2, 0) is 4.79 Å². The molecule has 0 fully saturated rings.